The molecule has 3 heterocycles. The van der Waals surface area contributed by atoms with E-state index in [-0.39, 0.29) is 0 Å². The van der Waals surface area contributed by atoms with Gasteiger partial charge in [0, 0.05) is 59.0 Å². The van der Waals surface area contributed by atoms with E-state index >= 15 is 0 Å². The Bertz CT molecular complexity index is 1030. The van der Waals surface area contributed by atoms with Gasteiger partial charge in [0.25, 0.3) is 0 Å². The molecule has 0 aliphatic carbocycles. The van der Waals surface area contributed by atoms with E-state index in [9.17, 15) is 0 Å². The number of benzene rings is 2. The van der Waals surface area contributed by atoms with Crippen molar-refractivity contribution in [2.75, 3.05) is 57.8 Å². The second kappa shape index (κ2) is 11.3. The SMILES string of the molecule is Cn1c(NC2CCN(CCN3CCCOCC3)CC2)nc2ccc(CCc3ccccc3)cc21. The van der Waals surface area contributed by atoms with Crippen molar-refractivity contribution in [3.05, 3.63) is 59.7 Å². The van der Waals surface area contributed by atoms with Gasteiger partial charge in [0.2, 0.25) is 5.95 Å². The van der Waals surface area contributed by atoms with Crippen molar-refractivity contribution in [1.82, 2.24) is 19.4 Å². The standard InChI is InChI=1S/C28H39N5O/c1-31-27-22-24(9-8-23-6-3-2-4-7-23)10-11-26(27)30-28(31)29-25-12-15-33(16-13-25)18-17-32-14-5-20-34-21-19-32/h2-4,6-7,10-11,22,25H,5,8-9,12-21H2,1H3,(H,29,30). The molecule has 3 aromatic rings. The molecule has 2 fully saturated rings. The van der Waals surface area contributed by atoms with Gasteiger partial charge in [-0.15, -0.1) is 0 Å². The van der Waals surface area contributed by atoms with E-state index in [0.29, 0.717) is 6.04 Å². The van der Waals surface area contributed by atoms with Crippen LogP contribution in [0.4, 0.5) is 5.95 Å². The Labute approximate surface area is 203 Å². The zero-order chi connectivity index (χ0) is 23.2. The van der Waals surface area contributed by atoms with E-state index < -0.39 is 0 Å². The summed E-state index contributed by atoms with van der Waals surface area (Å²) in [5, 5.41) is 3.75. The molecular weight excluding hydrogens is 422 g/mol. The molecule has 0 saturated carbocycles. The monoisotopic (exact) mass is 461 g/mol. The molecule has 182 valence electrons. The zero-order valence-electron chi connectivity index (χ0n) is 20.6. The number of likely N-dealkylation sites (tertiary alicyclic amines) is 1. The van der Waals surface area contributed by atoms with Gasteiger partial charge in [-0.25, -0.2) is 4.98 Å². The first-order valence-corrected chi connectivity index (χ1v) is 13.0. The first-order chi connectivity index (χ1) is 16.7. The number of piperidine rings is 1. The van der Waals surface area contributed by atoms with Crippen molar-refractivity contribution in [1.29, 1.82) is 0 Å². The molecule has 34 heavy (non-hydrogen) atoms. The molecule has 2 aliphatic heterocycles. The van der Waals surface area contributed by atoms with Crippen molar-refractivity contribution in [3.8, 4) is 0 Å². The summed E-state index contributed by atoms with van der Waals surface area (Å²) in [7, 11) is 2.14. The van der Waals surface area contributed by atoms with Gasteiger partial charge in [0.15, 0.2) is 0 Å². The molecule has 0 spiro atoms. The molecule has 0 radical (unpaired) electrons. The molecule has 1 aromatic heterocycles. The number of fused-ring (bicyclic) bond motifs is 1. The normalized spacial score (nSPS) is 18.9. The highest BCUT2D eigenvalue weighted by Gasteiger charge is 2.21. The fraction of sp³-hybridized carbons (Fsp3) is 0.536. The first kappa shape index (κ1) is 23.3. The van der Waals surface area contributed by atoms with Gasteiger partial charge in [-0.2, -0.15) is 0 Å². The number of nitrogens with one attached hydrogen (secondary N) is 1. The van der Waals surface area contributed by atoms with Crippen LogP contribution >= 0.6 is 0 Å². The van der Waals surface area contributed by atoms with Gasteiger partial charge >= 0.3 is 0 Å². The van der Waals surface area contributed by atoms with Crippen LogP contribution in [0.25, 0.3) is 11.0 Å². The van der Waals surface area contributed by atoms with Crippen molar-refractivity contribution in [2.45, 2.75) is 38.1 Å². The summed E-state index contributed by atoms with van der Waals surface area (Å²) >= 11 is 0. The maximum absolute atomic E-state index is 5.58. The third kappa shape index (κ3) is 5.98. The van der Waals surface area contributed by atoms with Gasteiger partial charge in [-0.05, 0) is 55.4 Å². The van der Waals surface area contributed by atoms with Crippen molar-refractivity contribution in [2.24, 2.45) is 7.05 Å². The lowest BCUT2D eigenvalue weighted by molar-refractivity contribution is 0.135. The molecule has 5 rings (SSSR count). The Morgan fingerprint density at radius 3 is 2.47 bits per heavy atom. The van der Waals surface area contributed by atoms with E-state index in [4.69, 9.17) is 9.72 Å². The zero-order valence-corrected chi connectivity index (χ0v) is 20.6. The lowest BCUT2D eigenvalue weighted by atomic mass is 10.0. The van der Waals surface area contributed by atoms with Crippen LogP contribution in [0.1, 0.15) is 30.4 Å². The second-order valence-corrected chi connectivity index (χ2v) is 9.87. The van der Waals surface area contributed by atoms with Crippen LogP contribution in [-0.4, -0.2) is 77.9 Å². The van der Waals surface area contributed by atoms with Gasteiger partial charge < -0.3 is 19.5 Å². The average molecular weight is 462 g/mol. The van der Waals surface area contributed by atoms with Crippen LogP contribution in [-0.2, 0) is 24.6 Å². The third-order valence-corrected chi connectivity index (χ3v) is 7.46. The summed E-state index contributed by atoms with van der Waals surface area (Å²) in [6, 6.07) is 18.0. The lowest BCUT2D eigenvalue weighted by Crippen LogP contribution is -2.43. The highest BCUT2D eigenvalue weighted by Crippen LogP contribution is 2.23. The van der Waals surface area contributed by atoms with E-state index in [0.717, 1.165) is 57.2 Å². The van der Waals surface area contributed by atoms with Crippen LogP contribution in [0.3, 0.4) is 0 Å². The molecule has 0 bridgehead atoms. The van der Waals surface area contributed by atoms with Crippen LogP contribution in [0.5, 0.6) is 0 Å². The van der Waals surface area contributed by atoms with Crippen LogP contribution in [0, 0.1) is 0 Å². The van der Waals surface area contributed by atoms with E-state index in [2.05, 4.69) is 75.3 Å². The molecule has 6 heteroatoms. The number of imidazole rings is 1. The Morgan fingerprint density at radius 2 is 1.65 bits per heavy atom. The Balaban J connectivity index is 1.12. The molecule has 0 amide bonds. The van der Waals surface area contributed by atoms with E-state index in [1.165, 1.54) is 55.5 Å². The minimum Gasteiger partial charge on any atom is -0.380 e. The van der Waals surface area contributed by atoms with Crippen molar-refractivity contribution in [3.63, 3.8) is 0 Å². The third-order valence-electron chi connectivity index (χ3n) is 7.46. The highest BCUT2D eigenvalue weighted by molar-refractivity contribution is 5.79. The summed E-state index contributed by atoms with van der Waals surface area (Å²) in [4.78, 5) is 10.1. The largest absolute Gasteiger partial charge is 0.380 e. The second-order valence-electron chi connectivity index (χ2n) is 9.87. The number of hydrogen-bond donors (Lipinski definition) is 1. The first-order valence-electron chi connectivity index (χ1n) is 13.0. The Hall–Kier alpha value is -2.41. The molecule has 1 N–H and O–H groups in total. The molecule has 0 atom stereocenters. The van der Waals surface area contributed by atoms with Crippen molar-refractivity contribution < 1.29 is 4.74 Å². The molecule has 2 aliphatic rings. The summed E-state index contributed by atoms with van der Waals surface area (Å²) in [6.07, 6.45) is 5.64. The van der Waals surface area contributed by atoms with Gasteiger partial charge in [-0.1, -0.05) is 36.4 Å². The number of aromatic nitrogens is 2. The lowest BCUT2D eigenvalue weighted by Gasteiger charge is -2.33. The number of aryl methyl sites for hydroxylation is 3. The molecule has 2 aromatic carbocycles. The fourth-order valence-corrected chi connectivity index (χ4v) is 5.24. The number of anilines is 1. The maximum Gasteiger partial charge on any atom is 0.203 e. The van der Waals surface area contributed by atoms with Gasteiger partial charge in [0.1, 0.15) is 0 Å². The maximum atomic E-state index is 5.58. The Kier molecular flexibility index (Phi) is 7.79. The van der Waals surface area contributed by atoms with Crippen LogP contribution in [0.2, 0.25) is 0 Å². The molecule has 6 nitrogen and oxygen atoms in total. The quantitative estimate of drug-likeness (QED) is 0.550. The molecule has 0 unspecified atom stereocenters. The smallest absolute Gasteiger partial charge is 0.203 e. The fourth-order valence-electron chi connectivity index (χ4n) is 5.24. The summed E-state index contributed by atoms with van der Waals surface area (Å²) in [5.74, 6) is 0.998. The number of ether oxygens (including phenoxy) is 1. The molecular formula is C28H39N5O. The predicted molar refractivity (Wildman–Crippen MR) is 140 cm³/mol. The average Bonchev–Trinajstić information content (AvgIpc) is 3.03. The van der Waals surface area contributed by atoms with Crippen molar-refractivity contribution >= 4 is 17.0 Å². The minimum absolute atomic E-state index is 0.496. The number of nitrogens with zero attached hydrogens (tertiary/aromatic N) is 4. The topological polar surface area (TPSA) is 45.6 Å². The summed E-state index contributed by atoms with van der Waals surface area (Å²) < 4.78 is 7.82. The molecule has 2 saturated heterocycles. The summed E-state index contributed by atoms with van der Waals surface area (Å²) in [6.45, 7) is 8.73. The predicted octanol–water partition coefficient (Wildman–Crippen LogP) is 3.96. The highest BCUT2D eigenvalue weighted by atomic mass is 16.5. The van der Waals surface area contributed by atoms with Gasteiger partial charge in [0.05, 0.1) is 17.6 Å². The Morgan fingerprint density at radius 1 is 0.882 bits per heavy atom. The van der Waals surface area contributed by atoms with E-state index in [1.54, 1.807) is 0 Å². The number of rotatable bonds is 8. The van der Waals surface area contributed by atoms with E-state index in [1.807, 2.05) is 0 Å². The minimum atomic E-state index is 0.496. The van der Waals surface area contributed by atoms with Gasteiger partial charge in [-0.3, -0.25) is 4.90 Å². The number of hydrogen-bond acceptors (Lipinski definition) is 5. The summed E-state index contributed by atoms with van der Waals surface area (Å²) in [5.41, 5.74) is 5.05. The van der Waals surface area contributed by atoms with Crippen LogP contribution < -0.4 is 5.32 Å². The van der Waals surface area contributed by atoms with Crippen LogP contribution in [0.15, 0.2) is 48.5 Å².